The summed E-state index contributed by atoms with van der Waals surface area (Å²) in [6, 6.07) is 5.06. The Morgan fingerprint density at radius 2 is 1.66 bits per heavy atom. The molecule has 1 aliphatic heterocycles. The molecule has 13 heteroatoms. The highest BCUT2D eigenvalue weighted by Crippen LogP contribution is 2.24. The number of hydrogen-bond acceptors (Lipinski definition) is 9. The lowest BCUT2D eigenvalue weighted by atomic mass is 9.97. The van der Waals surface area contributed by atoms with Crippen molar-refractivity contribution in [3.8, 4) is 12.3 Å². The molecule has 1 fully saturated rings. The van der Waals surface area contributed by atoms with Crippen molar-refractivity contribution < 1.29 is 43.3 Å². The van der Waals surface area contributed by atoms with Gasteiger partial charge in [0.1, 0.15) is 24.2 Å². The minimum Gasteiger partial charge on any atom is -0.481 e. The third-order valence-corrected chi connectivity index (χ3v) is 10.1. The van der Waals surface area contributed by atoms with Crippen LogP contribution in [-0.2, 0) is 44.7 Å². The number of ether oxygens (including phenoxy) is 2. The zero-order valence-electron chi connectivity index (χ0n) is 32.6. The van der Waals surface area contributed by atoms with Crippen LogP contribution in [0.3, 0.4) is 0 Å². The monoisotopic (exact) mass is 740 g/mol. The van der Waals surface area contributed by atoms with E-state index in [4.69, 9.17) is 21.6 Å². The predicted octanol–water partition coefficient (Wildman–Crippen LogP) is 3.57. The summed E-state index contributed by atoms with van der Waals surface area (Å²) in [5.41, 5.74) is 6.85. The number of carbonyl (C=O) groups is 6. The van der Waals surface area contributed by atoms with E-state index in [-0.39, 0.29) is 37.1 Å². The van der Waals surface area contributed by atoms with Crippen LogP contribution in [0.15, 0.2) is 30.3 Å². The number of likely N-dealkylation sites (N-methyl/N-ethyl adjacent to an activating group) is 1. The van der Waals surface area contributed by atoms with Gasteiger partial charge in [0.15, 0.2) is 6.10 Å². The van der Waals surface area contributed by atoms with Gasteiger partial charge in [-0.15, -0.1) is 12.3 Å². The van der Waals surface area contributed by atoms with Crippen molar-refractivity contribution in [2.24, 2.45) is 29.4 Å². The van der Waals surface area contributed by atoms with Crippen LogP contribution >= 0.6 is 0 Å². The Morgan fingerprint density at radius 1 is 1.02 bits per heavy atom. The molecule has 8 atom stereocenters. The zero-order chi connectivity index (χ0) is 40.0. The van der Waals surface area contributed by atoms with Gasteiger partial charge in [0, 0.05) is 26.4 Å². The molecule has 3 amide bonds. The molecule has 1 aromatic rings. The molecule has 0 spiro atoms. The van der Waals surface area contributed by atoms with Gasteiger partial charge in [-0.1, -0.05) is 78.3 Å². The van der Waals surface area contributed by atoms with E-state index in [1.54, 1.807) is 45.0 Å². The first-order valence-corrected chi connectivity index (χ1v) is 18.7. The SMILES string of the molecule is C#CCCC[C@@H](OC(=O)[C@@H](NC(=O)[C@@H]1CCCN1C(=O)[C@H](Cc1ccccc1)OC(=O)[C@H](C(C)C)N(C)C(=O)[C@@H](N)C(C)C)[C@H](C)CC)[C@H](C)C(=O)O. The highest BCUT2D eigenvalue weighted by Gasteiger charge is 2.43. The highest BCUT2D eigenvalue weighted by molar-refractivity contribution is 5.94. The molecule has 13 nitrogen and oxygen atoms in total. The number of carbonyl (C=O) groups excluding carboxylic acids is 5. The van der Waals surface area contributed by atoms with Crippen LogP contribution in [0.1, 0.15) is 92.6 Å². The molecule has 0 aliphatic carbocycles. The maximum atomic E-state index is 14.3. The van der Waals surface area contributed by atoms with Gasteiger partial charge in [0.05, 0.1) is 12.0 Å². The predicted molar refractivity (Wildman–Crippen MR) is 200 cm³/mol. The van der Waals surface area contributed by atoms with Crippen LogP contribution in [0, 0.1) is 36.0 Å². The van der Waals surface area contributed by atoms with Crippen LogP contribution in [0.2, 0.25) is 0 Å². The Kier molecular flexibility index (Phi) is 18.0. The Bertz CT molecular complexity index is 1440. The van der Waals surface area contributed by atoms with Gasteiger partial charge in [-0.25, -0.2) is 9.59 Å². The molecule has 1 heterocycles. The molecule has 1 aromatic carbocycles. The lowest BCUT2D eigenvalue weighted by molar-refractivity contribution is -0.168. The van der Waals surface area contributed by atoms with E-state index in [2.05, 4.69) is 11.2 Å². The van der Waals surface area contributed by atoms with Crippen molar-refractivity contribution in [2.45, 2.75) is 130 Å². The molecular formula is C40H60N4O9. The highest BCUT2D eigenvalue weighted by atomic mass is 16.6. The molecule has 4 N–H and O–H groups in total. The minimum absolute atomic E-state index is 0.0227. The van der Waals surface area contributed by atoms with Gasteiger partial charge < -0.3 is 35.4 Å². The van der Waals surface area contributed by atoms with E-state index in [1.165, 1.54) is 23.8 Å². The van der Waals surface area contributed by atoms with E-state index in [0.29, 0.717) is 32.1 Å². The molecule has 0 unspecified atom stereocenters. The van der Waals surface area contributed by atoms with Crippen molar-refractivity contribution >= 4 is 35.6 Å². The van der Waals surface area contributed by atoms with Crippen LogP contribution < -0.4 is 11.1 Å². The van der Waals surface area contributed by atoms with Crippen molar-refractivity contribution in [3.63, 3.8) is 0 Å². The zero-order valence-corrected chi connectivity index (χ0v) is 32.6. The number of aliphatic carboxylic acids is 1. The van der Waals surface area contributed by atoms with Crippen molar-refractivity contribution in [2.75, 3.05) is 13.6 Å². The third-order valence-electron chi connectivity index (χ3n) is 10.1. The van der Waals surface area contributed by atoms with Crippen molar-refractivity contribution in [1.82, 2.24) is 15.1 Å². The second kappa shape index (κ2) is 21.3. The first kappa shape index (κ1) is 44.7. The first-order valence-electron chi connectivity index (χ1n) is 18.7. The quantitative estimate of drug-likeness (QED) is 0.101. The summed E-state index contributed by atoms with van der Waals surface area (Å²) in [4.78, 5) is 83.3. The molecular weight excluding hydrogens is 680 g/mol. The number of carboxylic acid groups (broad SMARTS) is 1. The van der Waals surface area contributed by atoms with Gasteiger partial charge in [0.25, 0.3) is 5.91 Å². The number of unbranched alkanes of at least 4 members (excludes halogenated alkanes) is 1. The van der Waals surface area contributed by atoms with E-state index in [9.17, 15) is 33.9 Å². The Balaban J connectivity index is 2.37. The average Bonchev–Trinajstić information content (AvgIpc) is 3.62. The molecule has 0 saturated carbocycles. The summed E-state index contributed by atoms with van der Waals surface area (Å²) in [5.74, 6) is -3.69. The maximum Gasteiger partial charge on any atom is 0.329 e. The van der Waals surface area contributed by atoms with Crippen molar-refractivity contribution in [3.05, 3.63) is 35.9 Å². The van der Waals surface area contributed by atoms with Gasteiger partial charge in [-0.05, 0) is 55.9 Å². The van der Waals surface area contributed by atoms with E-state index in [1.807, 2.05) is 26.8 Å². The number of nitrogens with zero attached hydrogens (tertiary/aromatic N) is 2. The molecule has 294 valence electrons. The number of esters is 2. The van der Waals surface area contributed by atoms with Crippen LogP contribution in [-0.4, -0.2) is 101 Å². The van der Waals surface area contributed by atoms with Crippen LogP contribution in [0.4, 0.5) is 0 Å². The normalized spacial score (nSPS) is 18.2. The number of nitrogens with two attached hydrogens (primary N) is 1. The molecule has 53 heavy (non-hydrogen) atoms. The Morgan fingerprint density at radius 3 is 2.21 bits per heavy atom. The van der Waals surface area contributed by atoms with Crippen LogP contribution in [0.25, 0.3) is 0 Å². The van der Waals surface area contributed by atoms with Gasteiger partial charge in [0.2, 0.25) is 11.8 Å². The fourth-order valence-corrected chi connectivity index (χ4v) is 6.36. The molecule has 0 radical (unpaired) electrons. The molecule has 1 aliphatic rings. The molecule has 1 saturated heterocycles. The number of rotatable bonds is 20. The first-order chi connectivity index (χ1) is 25.0. The fourth-order valence-electron chi connectivity index (χ4n) is 6.36. The Hall–Kier alpha value is -4.44. The maximum absolute atomic E-state index is 14.3. The number of terminal acetylenes is 1. The average molecular weight is 741 g/mol. The van der Waals surface area contributed by atoms with Gasteiger partial charge in [-0.2, -0.15) is 0 Å². The fraction of sp³-hybridized carbons (Fsp3) is 0.650. The standard InChI is InChI=1S/C40H60N4O9/c1-10-12-14-21-30(27(8)38(48)49)52-39(50)33(26(7)11-2)42-35(45)29-20-17-22-44(29)36(46)31(23-28-18-15-13-16-19-28)53-40(51)34(25(5)6)43(9)37(47)32(41)24(3)4/h1,13,15-16,18-19,24-27,29-34H,11-12,14,17,20-23,41H2,2-9H3,(H,42,45)(H,48,49)/t26-,27+,29+,30-,31+,32+,33+,34+/m1/s1. The number of nitrogens with one attached hydrogen (secondary N) is 1. The molecule has 0 aromatic heterocycles. The number of amides is 3. The lowest BCUT2D eigenvalue weighted by Gasteiger charge is -2.34. The molecule has 0 bridgehead atoms. The summed E-state index contributed by atoms with van der Waals surface area (Å²) < 4.78 is 11.7. The molecule has 2 rings (SSSR count). The number of benzene rings is 1. The number of carboxylic acids is 1. The third kappa shape index (κ3) is 12.6. The topological polar surface area (TPSA) is 186 Å². The number of hydrogen-bond donors (Lipinski definition) is 3. The van der Waals surface area contributed by atoms with E-state index < -0.39 is 77.9 Å². The largest absolute Gasteiger partial charge is 0.481 e. The summed E-state index contributed by atoms with van der Waals surface area (Å²) in [7, 11) is 1.49. The van der Waals surface area contributed by atoms with Gasteiger partial charge in [-0.3, -0.25) is 19.2 Å². The van der Waals surface area contributed by atoms with E-state index in [0.717, 1.165) is 5.56 Å². The number of likely N-dealkylation sites (tertiary alicyclic amines) is 1. The summed E-state index contributed by atoms with van der Waals surface area (Å²) >= 11 is 0. The van der Waals surface area contributed by atoms with Crippen molar-refractivity contribution in [1.29, 1.82) is 0 Å². The minimum atomic E-state index is -1.32. The lowest BCUT2D eigenvalue weighted by Crippen LogP contribution is -2.56. The second-order valence-electron chi connectivity index (χ2n) is 14.8. The van der Waals surface area contributed by atoms with Crippen LogP contribution in [0.5, 0.6) is 0 Å². The summed E-state index contributed by atoms with van der Waals surface area (Å²) in [5, 5.41) is 12.4. The summed E-state index contributed by atoms with van der Waals surface area (Å²) in [6.07, 6.45) is 5.47. The van der Waals surface area contributed by atoms with Gasteiger partial charge >= 0.3 is 17.9 Å². The van der Waals surface area contributed by atoms with E-state index >= 15 is 0 Å². The second-order valence-corrected chi connectivity index (χ2v) is 14.8. The summed E-state index contributed by atoms with van der Waals surface area (Å²) in [6.45, 7) is 12.4. The Labute approximate surface area is 314 Å². The smallest absolute Gasteiger partial charge is 0.329 e.